The number of aryl methyl sites for hydroxylation is 1. The summed E-state index contributed by atoms with van der Waals surface area (Å²) in [6.07, 6.45) is 3.88. The van der Waals surface area contributed by atoms with Gasteiger partial charge in [0.25, 0.3) is 5.78 Å². The fourth-order valence-electron chi connectivity index (χ4n) is 4.06. The molecule has 3 heterocycles. The number of Topliss-reactive ketones (excluding diaryl/α,β-unsaturated/α-hetero) is 1. The molecule has 37 heavy (non-hydrogen) atoms. The van der Waals surface area contributed by atoms with Crippen molar-refractivity contribution in [2.45, 2.75) is 29.5 Å². The molecule has 7 nitrogen and oxygen atoms in total. The van der Waals surface area contributed by atoms with Gasteiger partial charge in [0.1, 0.15) is 5.76 Å². The molecule has 5 rings (SSSR count). The van der Waals surface area contributed by atoms with Gasteiger partial charge in [0.05, 0.1) is 11.6 Å². The van der Waals surface area contributed by atoms with E-state index in [0.29, 0.717) is 26.2 Å². The number of rotatable bonds is 7. The van der Waals surface area contributed by atoms with Crippen molar-refractivity contribution in [2.24, 2.45) is 0 Å². The number of carbonyl (C=O) groups is 2. The summed E-state index contributed by atoms with van der Waals surface area (Å²) in [7, 11) is 0. The van der Waals surface area contributed by atoms with Crippen molar-refractivity contribution in [1.82, 2.24) is 15.2 Å². The Bertz CT molecular complexity index is 1490. The van der Waals surface area contributed by atoms with E-state index >= 15 is 0 Å². The van der Waals surface area contributed by atoms with Crippen LogP contribution in [0.1, 0.15) is 35.2 Å². The van der Waals surface area contributed by atoms with Crippen LogP contribution >= 0.6 is 34.7 Å². The number of hydrogen-bond donors (Lipinski definition) is 1. The lowest BCUT2D eigenvalue weighted by atomic mass is 9.95. The Labute approximate surface area is 226 Å². The molecule has 0 aliphatic carbocycles. The lowest BCUT2D eigenvalue weighted by Gasteiger charge is -2.22. The van der Waals surface area contributed by atoms with Gasteiger partial charge < -0.3 is 5.11 Å². The number of halogens is 1. The number of carbonyl (C=O) groups excluding carboxylic acids is 2. The second-order valence-corrected chi connectivity index (χ2v) is 10.8. The van der Waals surface area contributed by atoms with Gasteiger partial charge >= 0.3 is 5.91 Å². The predicted molar refractivity (Wildman–Crippen MR) is 146 cm³/mol. The molecule has 1 fully saturated rings. The molecule has 0 saturated carbocycles. The quantitative estimate of drug-likeness (QED) is 0.0984. The van der Waals surface area contributed by atoms with Gasteiger partial charge in [-0.1, -0.05) is 84.1 Å². The molecule has 0 spiro atoms. The van der Waals surface area contributed by atoms with Gasteiger partial charge in [-0.3, -0.25) is 19.5 Å². The van der Waals surface area contributed by atoms with Gasteiger partial charge in [-0.25, -0.2) is 0 Å². The minimum Gasteiger partial charge on any atom is -0.507 e. The second kappa shape index (κ2) is 10.8. The fourth-order valence-corrected chi connectivity index (χ4v) is 6.21. The van der Waals surface area contributed by atoms with Gasteiger partial charge in [-0.2, -0.15) is 0 Å². The molecular formula is C27H21ClN4O3S2. The summed E-state index contributed by atoms with van der Waals surface area (Å²) in [6, 6.07) is 17.5. The Kier molecular flexibility index (Phi) is 7.36. The fraction of sp³-hybridized carbons (Fsp3) is 0.148. The molecule has 1 atom stereocenters. The first-order valence-electron chi connectivity index (χ1n) is 11.5. The third kappa shape index (κ3) is 5.02. The zero-order chi connectivity index (χ0) is 25.9. The largest absolute Gasteiger partial charge is 0.507 e. The Morgan fingerprint density at radius 3 is 2.49 bits per heavy atom. The van der Waals surface area contributed by atoms with Gasteiger partial charge in [0.15, 0.2) is 4.34 Å². The average molecular weight is 549 g/mol. The topological polar surface area (TPSA) is 96.3 Å². The Morgan fingerprint density at radius 1 is 1.05 bits per heavy atom. The standard InChI is InChI=1S/C27H21ClN4O3S2/c1-2-16-7-9-17(10-8-16)22-21(23(33)18-11-13-29-14-12-18)24(34)25(35)32(22)26-30-31-27(37-26)36-15-19-5-3-4-6-20(19)28/h3-14,22,33H,2,15H2,1H3/b23-21+. The molecule has 0 radical (unpaired) electrons. The molecule has 1 saturated heterocycles. The van der Waals surface area contributed by atoms with Crippen LogP contribution in [0.4, 0.5) is 5.13 Å². The molecule has 1 aliphatic heterocycles. The first-order chi connectivity index (χ1) is 18.0. The lowest BCUT2D eigenvalue weighted by molar-refractivity contribution is -0.132. The van der Waals surface area contributed by atoms with Crippen LogP contribution in [0.3, 0.4) is 0 Å². The van der Waals surface area contributed by atoms with E-state index in [4.69, 9.17) is 11.6 Å². The van der Waals surface area contributed by atoms with Gasteiger partial charge in [-0.05, 0) is 41.3 Å². The van der Waals surface area contributed by atoms with Gasteiger partial charge in [-0.15, -0.1) is 10.2 Å². The van der Waals surface area contributed by atoms with E-state index < -0.39 is 17.7 Å². The Balaban J connectivity index is 1.54. The molecule has 2 aromatic carbocycles. The van der Waals surface area contributed by atoms with Crippen LogP contribution in [0.15, 0.2) is 83.0 Å². The summed E-state index contributed by atoms with van der Waals surface area (Å²) >= 11 is 8.93. The van der Waals surface area contributed by atoms with Crippen molar-refractivity contribution in [3.8, 4) is 0 Å². The average Bonchev–Trinajstić information content (AvgIpc) is 3.50. The first kappa shape index (κ1) is 25.1. The summed E-state index contributed by atoms with van der Waals surface area (Å²) < 4.78 is 0.631. The number of thioether (sulfide) groups is 1. The van der Waals surface area contributed by atoms with E-state index in [1.54, 1.807) is 12.1 Å². The first-order valence-corrected chi connectivity index (χ1v) is 13.7. The molecule has 186 valence electrons. The number of aliphatic hydroxyl groups is 1. The predicted octanol–water partition coefficient (Wildman–Crippen LogP) is 6.07. The smallest absolute Gasteiger partial charge is 0.301 e. The van der Waals surface area contributed by atoms with Crippen LogP contribution in [-0.4, -0.2) is 32.0 Å². The van der Waals surface area contributed by atoms with E-state index in [1.165, 1.54) is 40.4 Å². The van der Waals surface area contributed by atoms with Gasteiger partial charge in [0, 0.05) is 28.7 Å². The highest BCUT2D eigenvalue weighted by Crippen LogP contribution is 2.44. The van der Waals surface area contributed by atoms with Crippen molar-refractivity contribution in [1.29, 1.82) is 0 Å². The van der Waals surface area contributed by atoms with Crippen LogP contribution in [0.2, 0.25) is 5.02 Å². The van der Waals surface area contributed by atoms with Crippen molar-refractivity contribution in [2.75, 3.05) is 4.90 Å². The van der Waals surface area contributed by atoms with E-state index in [2.05, 4.69) is 15.2 Å². The van der Waals surface area contributed by atoms with Crippen LogP contribution < -0.4 is 4.90 Å². The summed E-state index contributed by atoms with van der Waals surface area (Å²) in [5.74, 6) is -1.22. The molecule has 10 heteroatoms. The Morgan fingerprint density at radius 2 is 1.78 bits per heavy atom. The number of amides is 1. The highest BCUT2D eigenvalue weighted by Gasteiger charge is 2.48. The number of hydrogen-bond acceptors (Lipinski definition) is 8. The summed E-state index contributed by atoms with van der Waals surface area (Å²) in [5.41, 5.74) is 3.16. The number of nitrogens with zero attached hydrogens (tertiary/aromatic N) is 4. The highest BCUT2D eigenvalue weighted by atomic mass is 35.5. The van der Waals surface area contributed by atoms with Crippen molar-refractivity contribution < 1.29 is 14.7 Å². The number of aliphatic hydroxyl groups excluding tert-OH is 1. The minimum absolute atomic E-state index is 0.000851. The summed E-state index contributed by atoms with van der Waals surface area (Å²) in [5, 5.41) is 20.6. The van der Waals surface area contributed by atoms with E-state index in [9.17, 15) is 14.7 Å². The number of ketones is 1. The number of aromatic nitrogens is 3. The van der Waals surface area contributed by atoms with Crippen molar-refractivity contribution in [3.63, 3.8) is 0 Å². The number of anilines is 1. The highest BCUT2D eigenvalue weighted by molar-refractivity contribution is 8.00. The van der Waals surface area contributed by atoms with E-state index in [0.717, 1.165) is 17.5 Å². The maximum Gasteiger partial charge on any atom is 0.301 e. The molecule has 4 aromatic rings. The summed E-state index contributed by atoms with van der Waals surface area (Å²) in [4.78, 5) is 31.9. The van der Waals surface area contributed by atoms with Crippen LogP contribution in [-0.2, 0) is 21.8 Å². The lowest BCUT2D eigenvalue weighted by Crippen LogP contribution is -2.29. The van der Waals surface area contributed by atoms with Crippen LogP contribution in [0, 0.1) is 0 Å². The summed E-state index contributed by atoms with van der Waals surface area (Å²) in [6.45, 7) is 2.05. The molecule has 1 amide bonds. The second-order valence-electron chi connectivity index (χ2n) is 8.23. The molecule has 1 unspecified atom stereocenters. The molecule has 2 aromatic heterocycles. The van der Waals surface area contributed by atoms with Crippen LogP contribution in [0.5, 0.6) is 0 Å². The van der Waals surface area contributed by atoms with E-state index in [1.807, 2.05) is 55.5 Å². The third-order valence-electron chi connectivity index (χ3n) is 6.01. The van der Waals surface area contributed by atoms with E-state index in [-0.39, 0.29) is 16.5 Å². The number of benzene rings is 2. The van der Waals surface area contributed by atoms with Crippen LogP contribution in [0.25, 0.3) is 5.76 Å². The Hall–Kier alpha value is -3.53. The van der Waals surface area contributed by atoms with Crippen molar-refractivity contribution >= 4 is 57.3 Å². The molecule has 1 aliphatic rings. The minimum atomic E-state index is -0.853. The van der Waals surface area contributed by atoms with Crippen molar-refractivity contribution in [3.05, 3.63) is 106 Å². The SMILES string of the molecule is CCc1ccc(C2/C(=C(\O)c3ccncc3)C(=O)C(=O)N2c2nnc(SCc3ccccc3Cl)s2)cc1. The van der Waals surface area contributed by atoms with Gasteiger partial charge in [0.2, 0.25) is 5.13 Å². The maximum atomic E-state index is 13.3. The molecular weight excluding hydrogens is 528 g/mol. The number of pyridine rings is 1. The molecule has 0 bridgehead atoms. The normalized spacial score (nSPS) is 16.9. The zero-order valence-corrected chi connectivity index (χ0v) is 22.1. The zero-order valence-electron chi connectivity index (χ0n) is 19.7. The third-order valence-corrected chi connectivity index (χ3v) is 8.49. The monoisotopic (exact) mass is 548 g/mol. The maximum absolute atomic E-state index is 13.3. The molecule has 1 N–H and O–H groups in total.